The van der Waals surface area contributed by atoms with Gasteiger partial charge in [-0.25, -0.2) is 9.79 Å². The molecule has 0 bridgehead atoms. The molecule has 0 aromatic heterocycles. The number of carboxylic acid groups (broad SMARTS) is 1. The molecule has 0 radical (unpaired) electrons. The Hall–Kier alpha value is -3.21. The van der Waals surface area contributed by atoms with Crippen molar-refractivity contribution in [3.8, 4) is 0 Å². The van der Waals surface area contributed by atoms with E-state index in [1.807, 2.05) is 26.0 Å². The minimum absolute atomic E-state index is 0. The van der Waals surface area contributed by atoms with E-state index < -0.39 is 18.5 Å². The van der Waals surface area contributed by atoms with Crippen molar-refractivity contribution in [3.05, 3.63) is 42.8 Å². The first-order valence-corrected chi connectivity index (χ1v) is 18.0. The molecule has 0 aliphatic rings. The number of ether oxygens (including phenoxy) is 2. The fourth-order valence-corrected chi connectivity index (χ4v) is 4.57. The van der Waals surface area contributed by atoms with Crippen molar-refractivity contribution < 1.29 is 51.9 Å². The number of amides is 3. The van der Waals surface area contributed by atoms with Gasteiger partial charge in [0.1, 0.15) is 6.54 Å². The number of aliphatic imine (C=N–C) groups is 1. The van der Waals surface area contributed by atoms with Crippen LogP contribution < -0.4 is 22.5 Å². The molecule has 0 unspecified atom stereocenters. The van der Waals surface area contributed by atoms with Crippen molar-refractivity contribution in [1.29, 1.82) is 0 Å². The van der Waals surface area contributed by atoms with Crippen LogP contribution >= 0.6 is 0 Å². The third-order valence-electron chi connectivity index (χ3n) is 7.09. The molecular weight excluding hydrogens is 850 g/mol. The monoisotopic (exact) mass is 911 g/mol. The number of nitrogens with one attached hydrogen (secondary N) is 1. The molecule has 1 rings (SSSR count). The maximum atomic E-state index is 13.7. The van der Waals surface area contributed by atoms with E-state index in [0.717, 1.165) is 29.7 Å². The summed E-state index contributed by atoms with van der Waals surface area (Å²) in [7, 11) is 0. The first-order chi connectivity index (χ1) is 24.6. The van der Waals surface area contributed by atoms with Crippen LogP contribution in [0, 0.1) is 7.43 Å². The van der Waals surface area contributed by atoms with E-state index in [1.165, 1.54) is 4.90 Å². The summed E-state index contributed by atoms with van der Waals surface area (Å²) in [5, 5.41) is 20.6. The van der Waals surface area contributed by atoms with Crippen molar-refractivity contribution >= 4 is 36.2 Å². The van der Waals surface area contributed by atoms with Gasteiger partial charge in [0.05, 0.1) is 32.8 Å². The fraction of sp³-hybridized carbons (Fsp3) is 0.618. The van der Waals surface area contributed by atoms with Gasteiger partial charge in [-0.3, -0.25) is 14.5 Å². The molecule has 1 aromatic carbocycles. The number of carbonyl (C=O) groups is 3. The van der Waals surface area contributed by atoms with Gasteiger partial charge in [-0.15, -0.1) is 5.10 Å². The summed E-state index contributed by atoms with van der Waals surface area (Å²) in [6, 6.07) is 6.82. The number of aliphatic carboxylic acids is 1. The van der Waals surface area contributed by atoms with E-state index >= 15 is 0 Å². The number of nitrogens with two attached hydrogens (primary N) is 3. The van der Waals surface area contributed by atoms with Crippen LogP contribution in [-0.4, -0.2) is 154 Å². The molecule has 18 heteroatoms. The van der Waals surface area contributed by atoms with Crippen LogP contribution in [0.1, 0.15) is 44.2 Å². The van der Waals surface area contributed by atoms with Crippen LogP contribution in [0.5, 0.6) is 0 Å². The van der Waals surface area contributed by atoms with E-state index in [0.29, 0.717) is 84.5 Å². The average molecular weight is 911 g/mol. The summed E-state index contributed by atoms with van der Waals surface area (Å²) in [4.78, 5) is 47.2. The zero-order valence-corrected chi connectivity index (χ0v) is 33.8. The standard InChI is InChI=1S/C33H58N10O6.CH3.FH.Re/c1-27(2)39-40-32(37-3)29-9-7-28(8-10-29)25-30(44)38-14-16-42(33(47)43(26-31(45)46)15-6-4-5-11-34)18-17-41(19-23-48-21-12-35)20-24-49-22-13-36;;;/h7-10H,3-6,11-26,34-36H2,1-2H3,(H,38,44)(H,45,46);1H3;1H;/q;-1;;+1/p-1/b40-32-;;;. The molecule has 0 spiro atoms. The quantitative estimate of drug-likeness (QED) is 0.0279. The minimum atomic E-state index is -1.10. The number of carbonyl (C=O) groups excluding carboxylic acids is 2. The Bertz CT molecular complexity index is 1160. The van der Waals surface area contributed by atoms with Gasteiger partial charge >= 0.3 is 34.9 Å². The molecule has 52 heavy (non-hydrogen) atoms. The number of rotatable bonds is 27. The molecule has 298 valence electrons. The van der Waals surface area contributed by atoms with E-state index in [1.54, 1.807) is 17.0 Å². The number of unbranched alkanes of at least 4 members (excludes halogenated alkanes) is 2. The third-order valence-corrected chi connectivity index (χ3v) is 7.09. The van der Waals surface area contributed by atoms with Gasteiger partial charge in [-0.1, -0.05) is 30.7 Å². The second-order valence-electron chi connectivity index (χ2n) is 11.4. The Morgan fingerprint density at radius 3 is 1.96 bits per heavy atom. The number of nitrogens with zero attached hydrogens (tertiary/aromatic N) is 6. The molecule has 8 N–H and O–H groups in total. The second-order valence-corrected chi connectivity index (χ2v) is 11.4. The summed E-state index contributed by atoms with van der Waals surface area (Å²) in [5.74, 6) is -0.942. The average Bonchev–Trinajstić information content (AvgIpc) is 3.12. The van der Waals surface area contributed by atoms with Crippen molar-refractivity contribution in [2.45, 2.75) is 39.5 Å². The number of halogens is 1. The van der Waals surface area contributed by atoms with Crippen LogP contribution in [0.25, 0.3) is 0 Å². The van der Waals surface area contributed by atoms with Gasteiger partial charge in [0.2, 0.25) is 5.91 Å². The first-order valence-electron chi connectivity index (χ1n) is 16.9. The van der Waals surface area contributed by atoms with Gasteiger partial charge in [-0.05, 0) is 45.5 Å². The summed E-state index contributed by atoms with van der Waals surface area (Å²) < 4.78 is 20.7. The molecule has 0 saturated heterocycles. The van der Waals surface area contributed by atoms with Gasteiger partial charge < -0.3 is 54.3 Å². The van der Waals surface area contributed by atoms with Gasteiger partial charge in [0, 0.05) is 70.2 Å². The summed E-state index contributed by atoms with van der Waals surface area (Å²) in [6.07, 6.45) is 2.32. The second kappa shape index (κ2) is 33.6. The normalized spacial score (nSPS) is 10.8. The number of urea groups is 1. The number of hydrogen-bond donors (Lipinski definition) is 5. The van der Waals surface area contributed by atoms with Crippen molar-refractivity contribution in [2.75, 3.05) is 98.4 Å². The number of benzene rings is 1. The third kappa shape index (κ3) is 24.9. The Morgan fingerprint density at radius 1 is 0.827 bits per heavy atom. The van der Waals surface area contributed by atoms with Crippen molar-refractivity contribution in [2.24, 2.45) is 32.4 Å². The summed E-state index contributed by atoms with van der Waals surface area (Å²) in [5.41, 5.74) is 19.0. The number of hydrogen-bond acceptors (Lipinski definition) is 11. The molecule has 0 aliphatic heterocycles. The van der Waals surface area contributed by atoms with E-state index in [2.05, 4.69) is 32.1 Å². The SMILES string of the molecule is C=N/C(=N\N=C(C)C)c1ccc(CC(=O)NCCN(CCN(CCOCCN)CCOCCN)C(=O)N(CCCCCN)CC(=O)O)cc1.[CH3-].[F][Re]. The van der Waals surface area contributed by atoms with Gasteiger partial charge in [0.25, 0.3) is 0 Å². The molecule has 0 saturated carbocycles. The molecule has 0 atom stereocenters. The van der Waals surface area contributed by atoms with E-state index in [-0.39, 0.29) is 59.1 Å². The molecule has 16 nitrogen and oxygen atoms in total. The van der Waals surface area contributed by atoms with Crippen molar-refractivity contribution in [3.63, 3.8) is 0 Å². The van der Waals surface area contributed by atoms with Gasteiger partial charge in [-0.2, -0.15) is 5.10 Å². The Morgan fingerprint density at radius 2 is 1.44 bits per heavy atom. The molecule has 0 fully saturated rings. The van der Waals surface area contributed by atoms with Crippen LogP contribution in [0.2, 0.25) is 0 Å². The number of amidine groups is 1. The zero-order chi connectivity index (χ0) is 38.3. The first kappa shape index (κ1) is 50.9. The zero-order valence-electron chi connectivity index (χ0n) is 31.1. The van der Waals surface area contributed by atoms with Crippen molar-refractivity contribution in [1.82, 2.24) is 20.0 Å². The Balaban J connectivity index is 0. The summed E-state index contributed by atoms with van der Waals surface area (Å²) in [6.45, 7) is 12.5. The van der Waals surface area contributed by atoms with Crippen LogP contribution in [0.3, 0.4) is 0 Å². The predicted molar refractivity (Wildman–Crippen MR) is 201 cm³/mol. The molecule has 0 heterocycles. The van der Waals surface area contributed by atoms with E-state index in [9.17, 15) is 22.7 Å². The molecule has 3 amide bonds. The fourth-order valence-electron chi connectivity index (χ4n) is 4.57. The molecular formula is C34H61FN10O6Re-. The van der Waals surface area contributed by atoms with Gasteiger partial charge in [0.15, 0.2) is 5.84 Å². The Labute approximate surface area is 320 Å². The molecule has 1 aromatic rings. The van der Waals surface area contributed by atoms with E-state index in [4.69, 9.17) is 26.7 Å². The predicted octanol–water partition coefficient (Wildman–Crippen LogP) is 1.25. The van der Waals surface area contributed by atoms with Crippen LogP contribution in [0.15, 0.2) is 39.5 Å². The number of carboxylic acids is 1. The maximum absolute atomic E-state index is 13.7. The molecule has 0 aliphatic carbocycles. The summed E-state index contributed by atoms with van der Waals surface area (Å²) >= 11 is 0.222. The van der Waals surface area contributed by atoms with Crippen LogP contribution in [-0.2, 0) is 45.2 Å². The Kier molecular flexibility index (Phi) is 32.9. The topological polar surface area (TPSA) is 227 Å². The van der Waals surface area contributed by atoms with Crippen LogP contribution in [0.4, 0.5) is 8.02 Å².